The summed E-state index contributed by atoms with van der Waals surface area (Å²) >= 11 is 6.12. The molecule has 3 heterocycles. The number of rotatable bonds is 6. The zero-order valence-corrected chi connectivity index (χ0v) is 21.0. The van der Waals surface area contributed by atoms with E-state index in [9.17, 15) is 0 Å². The second-order valence-electron chi connectivity index (χ2n) is 9.60. The van der Waals surface area contributed by atoms with Crippen molar-refractivity contribution in [3.8, 4) is 22.6 Å². The second kappa shape index (κ2) is 10.1. The Morgan fingerprint density at radius 3 is 2.56 bits per heavy atom. The van der Waals surface area contributed by atoms with E-state index in [0.29, 0.717) is 22.5 Å². The van der Waals surface area contributed by atoms with E-state index in [4.69, 9.17) is 31.9 Å². The molecule has 2 N–H and O–H groups in total. The summed E-state index contributed by atoms with van der Waals surface area (Å²) in [6, 6.07) is 15.6. The first-order valence-electron chi connectivity index (χ1n) is 12.7. The maximum absolute atomic E-state index is 6.51. The molecule has 1 saturated heterocycles. The van der Waals surface area contributed by atoms with Gasteiger partial charge < -0.3 is 15.2 Å². The average molecular weight is 504 g/mol. The van der Waals surface area contributed by atoms with Gasteiger partial charge in [0.2, 0.25) is 0 Å². The summed E-state index contributed by atoms with van der Waals surface area (Å²) in [6.07, 6.45) is 6.43. The molecule has 186 valence electrons. The van der Waals surface area contributed by atoms with Crippen LogP contribution in [0.5, 0.6) is 11.5 Å². The minimum absolute atomic E-state index is 0.474. The third-order valence-corrected chi connectivity index (χ3v) is 7.53. The standard InChI is InChI=1S/C28H30ClN5O2/c29-21-6-3-7-23(16-21)36-22-10-8-19(9-11-22)25-24(17-33-12-14-35-15-13-33)26(20-4-1-2-5-20)34-27(25)28(30)31-18-32-34/h3,6-11,16,18,20H,1-2,4-5,12-15,17H2,(H2,30,31,32). The number of anilines is 1. The van der Waals surface area contributed by atoms with Crippen molar-refractivity contribution < 1.29 is 9.47 Å². The van der Waals surface area contributed by atoms with E-state index < -0.39 is 0 Å². The largest absolute Gasteiger partial charge is 0.457 e. The normalized spacial score (nSPS) is 17.1. The van der Waals surface area contributed by atoms with Crippen molar-refractivity contribution in [2.75, 3.05) is 32.0 Å². The lowest BCUT2D eigenvalue weighted by atomic mass is 9.94. The smallest absolute Gasteiger partial charge is 0.151 e. The lowest BCUT2D eigenvalue weighted by Crippen LogP contribution is -2.36. The molecule has 2 fully saturated rings. The Bertz CT molecular complexity index is 1360. The van der Waals surface area contributed by atoms with Crippen LogP contribution in [0, 0.1) is 0 Å². The summed E-state index contributed by atoms with van der Waals surface area (Å²) in [5.41, 5.74) is 12.2. The lowest BCUT2D eigenvalue weighted by molar-refractivity contribution is 0.0341. The van der Waals surface area contributed by atoms with Crippen LogP contribution in [0.2, 0.25) is 5.02 Å². The minimum atomic E-state index is 0.474. The maximum Gasteiger partial charge on any atom is 0.151 e. The van der Waals surface area contributed by atoms with Gasteiger partial charge in [-0.15, -0.1) is 0 Å². The number of ether oxygens (including phenoxy) is 2. The Hall–Kier alpha value is -3.13. The van der Waals surface area contributed by atoms with E-state index in [1.807, 2.05) is 36.4 Å². The van der Waals surface area contributed by atoms with Crippen molar-refractivity contribution in [3.63, 3.8) is 0 Å². The van der Waals surface area contributed by atoms with Crippen LogP contribution in [0.4, 0.5) is 5.82 Å². The highest BCUT2D eigenvalue weighted by atomic mass is 35.5. The van der Waals surface area contributed by atoms with Gasteiger partial charge >= 0.3 is 0 Å². The minimum Gasteiger partial charge on any atom is -0.457 e. The van der Waals surface area contributed by atoms with Gasteiger partial charge in [-0.25, -0.2) is 9.50 Å². The Balaban J connectivity index is 1.45. The summed E-state index contributed by atoms with van der Waals surface area (Å²) in [5, 5.41) is 5.36. The number of benzene rings is 2. The number of morpholine rings is 1. The van der Waals surface area contributed by atoms with Crippen LogP contribution in [-0.2, 0) is 11.3 Å². The molecule has 1 aliphatic carbocycles. The molecule has 1 aliphatic heterocycles. The predicted molar refractivity (Wildman–Crippen MR) is 142 cm³/mol. The first-order chi connectivity index (χ1) is 17.7. The molecule has 7 nitrogen and oxygen atoms in total. The fourth-order valence-electron chi connectivity index (χ4n) is 5.61. The van der Waals surface area contributed by atoms with Crippen LogP contribution in [0.1, 0.15) is 42.9 Å². The van der Waals surface area contributed by atoms with Crippen LogP contribution < -0.4 is 10.5 Å². The molecule has 0 amide bonds. The molecule has 6 rings (SSSR count). The molecular formula is C28H30ClN5O2. The van der Waals surface area contributed by atoms with E-state index in [1.54, 1.807) is 6.33 Å². The fourth-order valence-corrected chi connectivity index (χ4v) is 5.79. The summed E-state index contributed by atoms with van der Waals surface area (Å²) in [7, 11) is 0. The Morgan fingerprint density at radius 1 is 1.03 bits per heavy atom. The van der Waals surface area contributed by atoms with Crippen LogP contribution >= 0.6 is 11.6 Å². The van der Waals surface area contributed by atoms with Crippen molar-refractivity contribution in [1.29, 1.82) is 0 Å². The highest BCUT2D eigenvalue weighted by molar-refractivity contribution is 6.30. The summed E-state index contributed by atoms with van der Waals surface area (Å²) in [6.45, 7) is 4.21. The van der Waals surface area contributed by atoms with Gasteiger partial charge in [0.15, 0.2) is 5.82 Å². The van der Waals surface area contributed by atoms with Crippen LogP contribution in [0.25, 0.3) is 16.6 Å². The van der Waals surface area contributed by atoms with Crippen molar-refractivity contribution >= 4 is 22.9 Å². The molecule has 36 heavy (non-hydrogen) atoms. The number of halogens is 1. The van der Waals surface area contributed by atoms with Gasteiger partial charge in [-0.3, -0.25) is 4.90 Å². The zero-order valence-electron chi connectivity index (χ0n) is 20.2. The molecule has 2 aromatic carbocycles. The highest BCUT2D eigenvalue weighted by Gasteiger charge is 2.30. The number of fused-ring (bicyclic) bond motifs is 1. The maximum atomic E-state index is 6.51. The number of nitrogens with zero attached hydrogens (tertiary/aromatic N) is 4. The monoisotopic (exact) mass is 503 g/mol. The molecule has 8 heteroatoms. The molecule has 0 atom stereocenters. The molecule has 0 radical (unpaired) electrons. The van der Waals surface area contributed by atoms with E-state index in [1.165, 1.54) is 36.9 Å². The van der Waals surface area contributed by atoms with E-state index in [-0.39, 0.29) is 0 Å². The van der Waals surface area contributed by atoms with Crippen LogP contribution in [0.3, 0.4) is 0 Å². The van der Waals surface area contributed by atoms with Gasteiger partial charge in [0, 0.05) is 36.1 Å². The first kappa shape index (κ1) is 23.3. The molecule has 4 aromatic rings. The van der Waals surface area contributed by atoms with E-state index in [0.717, 1.165) is 55.2 Å². The Labute approximate surface area is 215 Å². The molecule has 2 aliphatic rings. The Kier molecular flexibility index (Phi) is 6.52. The van der Waals surface area contributed by atoms with Gasteiger partial charge in [-0.2, -0.15) is 5.10 Å². The number of nitrogen functional groups attached to an aromatic ring is 1. The molecule has 1 saturated carbocycles. The third-order valence-electron chi connectivity index (χ3n) is 7.30. The van der Waals surface area contributed by atoms with E-state index in [2.05, 4.69) is 26.5 Å². The van der Waals surface area contributed by atoms with Crippen molar-refractivity contribution in [1.82, 2.24) is 19.5 Å². The van der Waals surface area contributed by atoms with E-state index >= 15 is 0 Å². The molecule has 0 bridgehead atoms. The average Bonchev–Trinajstić information content (AvgIpc) is 3.52. The number of nitrogens with two attached hydrogens (primary N) is 1. The third kappa shape index (κ3) is 4.54. The molecule has 0 spiro atoms. The van der Waals surface area contributed by atoms with Gasteiger partial charge in [-0.05, 0) is 54.3 Å². The van der Waals surface area contributed by atoms with Gasteiger partial charge in [0.05, 0.1) is 18.9 Å². The van der Waals surface area contributed by atoms with Crippen molar-refractivity contribution in [3.05, 3.63) is 71.1 Å². The first-order valence-corrected chi connectivity index (χ1v) is 13.0. The quantitative estimate of drug-likeness (QED) is 0.352. The zero-order chi connectivity index (χ0) is 24.5. The predicted octanol–water partition coefficient (Wildman–Crippen LogP) is 5.91. The lowest BCUT2D eigenvalue weighted by Gasteiger charge is -2.27. The molecule has 0 unspecified atom stereocenters. The molecular weight excluding hydrogens is 474 g/mol. The number of hydrogen-bond acceptors (Lipinski definition) is 6. The summed E-state index contributed by atoms with van der Waals surface area (Å²) in [4.78, 5) is 6.85. The fraction of sp³-hybridized carbons (Fsp3) is 0.357. The highest BCUT2D eigenvalue weighted by Crippen LogP contribution is 2.44. The number of aromatic nitrogens is 3. The Morgan fingerprint density at radius 2 is 1.81 bits per heavy atom. The van der Waals surface area contributed by atoms with Crippen molar-refractivity contribution in [2.24, 2.45) is 0 Å². The number of hydrogen-bond donors (Lipinski definition) is 1. The summed E-state index contributed by atoms with van der Waals surface area (Å²) < 4.78 is 13.7. The van der Waals surface area contributed by atoms with Crippen molar-refractivity contribution in [2.45, 2.75) is 38.1 Å². The second-order valence-corrected chi connectivity index (χ2v) is 10.0. The van der Waals surface area contributed by atoms with Gasteiger partial charge in [0.25, 0.3) is 0 Å². The van der Waals surface area contributed by atoms with Crippen LogP contribution in [0.15, 0.2) is 54.9 Å². The summed E-state index contributed by atoms with van der Waals surface area (Å²) in [5.74, 6) is 2.44. The van der Waals surface area contributed by atoms with Gasteiger partial charge in [0.1, 0.15) is 23.3 Å². The van der Waals surface area contributed by atoms with Gasteiger partial charge in [-0.1, -0.05) is 42.6 Å². The van der Waals surface area contributed by atoms with Crippen LogP contribution in [-0.4, -0.2) is 45.8 Å². The SMILES string of the molecule is Nc1ncnn2c(C3CCCC3)c(CN3CCOCC3)c(-c3ccc(Oc4cccc(Cl)c4)cc3)c12. The molecule has 2 aromatic heterocycles. The topological polar surface area (TPSA) is 77.9 Å².